The van der Waals surface area contributed by atoms with Gasteiger partial charge >= 0.3 is 6.03 Å². The number of para-hydroxylation sites is 1. The molecule has 6 nitrogen and oxygen atoms in total. The van der Waals surface area contributed by atoms with Crippen LogP contribution in [0.5, 0.6) is 0 Å². The molecule has 2 amide bonds. The summed E-state index contributed by atoms with van der Waals surface area (Å²) >= 11 is 0. The Kier molecular flexibility index (Phi) is 4.78. The average Bonchev–Trinajstić information content (AvgIpc) is 3.36. The molecule has 2 aromatic carbocycles. The van der Waals surface area contributed by atoms with Gasteiger partial charge in [0.15, 0.2) is 0 Å². The third-order valence-electron chi connectivity index (χ3n) is 4.87. The summed E-state index contributed by atoms with van der Waals surface area (Å²) in [4.78, 5) is 14.7. The van der Waals surface area contributed by atoms with Crippen LogP contribution in [0.4, 0.5) is 16.2 Å². The number of rotatable bonds is 4. The van der Waals surface area contributed by atoms with Crippen LogP contribution in [0.3, 0.4) is 0 Å². The maximum Gasteiger partial charge on any atom is 0.319 e. The van der Waals surface area contributed by atoms with Gasteiger partial charge in [-0.05, 0) is 55.3 Å². The van der Waals surface area contributed by atoms with Gasteiger partial charge in [0, 0.05) is 42.9 Å². The Morgan fingerprint density at radius 3 is 2.70 bits per heavy atom. The first kappa shape index (κ1) is 17.1. The number of anilines is 2. The van der Waals surface area contributed by atoms with Crippen molar-refractivity contribution in [1.29, 1.82) is 0 Å². The number of urea groups is 1. The number of benzene rings is 2. The van der Waals surface area contributed by atoms with Gasteiger partial charge in [0.1, 0.15) is 0 Å². The van der Waals surface area contributed by atoms with Crippen LogP contribution >= 0.6 is 0 Å². The molecule has 2 heterocycles. The van der Waals surface area contributed by atoms with Crippen molar-refractivity contribution in [3.63, 3.8) is 0 Å². The number of hydrogen-bond acceptors (Lipinski definition) is 3. The van der Waals surface area contributed by atoms with Crippen molar-refractivity contribution in [2.24, 2.45) is 0 Å². The molecule has 0 radical (unpaired) electrons. The molecule has 0 bridgehead atoms. The molecule has 2 N–H and O–H groups in total. The van der Waals surface area contributed by atoms with Gasteiger partial charge in [-0.15, -0.1) is 0 Å². The molecule has 1 saturated heterocycles. The molecule has 0 unspecified atom stereocenters. The fraction of sp³-hybridized carbons (Fsp3) is 0.238. The zero-order valence-corrected chi connectivity index (χ0v) is 15.3. The number of hydrogen-bond donors (Lipinski definition) is 2. The van der Waals surface area contributed by atoms with E-state index in [9.17, 15) is 4.79 Å². The van der Waals surface area contributed by atoms with Gasteiger partial charge in [0.25, 0.3) is 0 Å². The number of carbonyl (C=O) groups excluding carboxylic acids is 1. The number of aryl methyl sites for hydroxylation is 1. The van der Waals surface area contributed by atoms with Crippen LogP contribution in [0.25, 0.3) is 5.69 Å². The van der Waals surface area contributed by atoms with E-state index in [1.807, 2.05) is 55.6 Å². The molecule has 0 saturated carbocycles. The van der Waals surface area contributed by atoms with E-state index in [0.29, 0.717) is 0 Å². The van der Waals surface area contributed by atoms with Gasteiger partial charge < -0.3 is 15.5 Å². The van der Waals surface area contributed by atoms with Crippen LogP contribution in [0.1, 0.15) is 12.0 Å². The monoisotopic (exact) mass is 361 g/mol. The molecule has 1 atom stereocenters. The van der Waals surface area contributed by atoms with Gasteiger partial charge in [-0.2, -0.15) is 5.10 Å². The molecule has 0 spiro atoms. The van der Waals surface area contributed by atoms with E-state index in [-0.39, 0.29) is 12.1 Å². The van der Waals surface area contributed by atoms with E-state index < -0.39 is 0 Å². The predicted molar refractivity (Wildman–Crippen MR) is 108 cm³/mol. The fourth-order valence-corrected chi connectivity index (χ4v) is 3.45. The zero-order chi connectivity index (χ0) is 18.6. The Morgan fingerprint density at radius 2 is 1.96 bits per heavy atom. The number of nitrogens with one attached hydrogen (secondary N) is 2. The standard InChI is InChI=1S/C21H23N5O/c1-16-14-19(26-12-5-11-22-26)8-9-20(16)24-21(27)23-17-10-13-25(15-17)18-6-3-2-4-7-18/h2-9,11-12,14,17H,10,13,15H2,1H3,(H2,23,24,27)/t17-/m0/s1. The van der Waals surface area contributed by atoms with E-state index in [2.05, 4.69) is 32.8 Å². The lowest BCUT2D eigenvalue weighted by atomic mass is 10.2. The first-order valence-electron chi connectivity index (χ1n) is 9.17. The van der Waals surface area contributed by atoms with E-state index in [1.54, 1.807) is 10.9 Å². The maximum absolute atomic E-state index is 12.4. The van der Waals surface area contributed by atoms with Crippen LogP contribution < -0.4 is 15.5 Å². The Hall–Kier alpha value is -3.28. The summed E-state index contributed by atoms with van der Waals surface area (Å²) in [5, 5.41) is 10.3. The number of amides is 2. The van der Waals surface area contributed by atoms with Crippen molar-refractivity contribution in [1.82, 2.24) is 15.1 Å². The average molecular weight is 361 g/mol. The lowest BCUT2D eigenvalue weighted by Gasteiger charge is -2.19. The second kappa shape index (κ2) is 7.53. The van der Waals surface area contributed by atoms with E-state index in [0.717, 1.165) is 36.4 Å². The first-order chi connectivity index (χ1) is 13.2. The normalized spacial score (nSPS) is 16.3. The molecule has 1 aliphatic rings. The van der Waals surface area contributed by atoms with Crippen molar-refractivity contribution in [3.8, 4) is 5.69 Å². The number of aromatic nitrogens is 2. The van der Waals surface area contributed by atoms with Gasteiger partial charge in [0.05, 0.1) is 5.69 Å². The highest BCUT2D eigenvalue weighted by atomic mass is 16.2. The zero-order valence-electron chi connectivity index (χ0n) is 15.3. The molecule has 1 aromatic heterocycles. The van der Waals surface area contributed by atoms with Crippen LogP contribution in [-0.4, -0.2) is 34.9 Å². The number of carbonyl (C=O) groups is 1. The van der Waals surface area contributed by atoms with Crippen molar-refractivity contribution in [2.45, 2.75) is 19.4 Å². The second-order valence-electron chi connectivity index (χ2n) is 6.82. The van der Waals surface area contributed by atoms with Crippen LogP contribution in [0.2, 0.25) is 0 Å². The molecule has 6 heteroatoms. The highest BCUT2D eigenvalue weighted by Crippen LogP contribution is 2.21. The second-order valence-corrected chi connectivity index (χ2v) is 6.82. The molecular weight excluding hydrogens is 338 g/mol. The van der Waals surface area contributed by atoms with Crippen molar-refractivity contribution >= 4 is 17.4 Å². The quantitative estimate of drug-likeness (QED) is 0.747. The van der Waals surface area contributed by atoms with Gasteiger partial charge in [0.2, 0.25) is 0 Å². The summed E-state index contributed by atoms with van der Waals surface area (Å²) in [6.45, 7) is 3.76. The molecule has 1 fully saturated rings. The lowest BCUT2D eigenvalue weighted by Crippen LogP contribution is -2.39. The molecule has 0 aliphatic carbocycles. The van der Waals surface area contributed by atoms with Crippen molar-refractivity contribution < 1.29 is 4.79 Å². The van der Waals surface area contributed by atoms with Crippen LogP contribution in [-0.2, 0) is 0 Å². The highest BCUT2D eigenvalue weighted by Gasteiger charge is 2.24. The minimum atomic E-state index is -0.162. The summed E-state index contributed by atoms with van der Waals surface area (Å²) in [5.74, 6) is 0. The SMILES string of the molecule is Cc1cc(-n2cccn2)ccc1NC(=O)N[C@H]1CCN(c2ccccc2)C1. The van der Waals surface area contributed by atoms with E-state index in [1.165, 1.54) is 5.69 Å². The topological polar surface area (TPSA) is 62.2 Å². The summed E-state index contributed by atoms with van der Waals surface area (Å²) < 4.78 is 1.80. The van der Waals surface area contributed by atoms with Crippen LogP contribution in [0, 0.1) is 6.92 Å². The summed E-state index contributed by atoms with van der Waals surface area (Å²) in [6, 6.07) is 18.0. The molecule has 4 rings (SSSR count). The molecular formula is C21H23N5O. The Balaban J connectivity index is 1.35. The van der Waals surface area contributed by atoms with Gasteiger partial charge in [-0.25, -0.2) is 9.48 Å². The van der Waals surface area contributed by atoms with Gasteiger partial charge in [-0.1, -0.05) is 18.2 Å². The third-order valence-corrected chi connectivity index (χ3v) is 4.87. The lowest BCUT2D eigenvalue weighted by molar-refractivity contribution is 0.249. The molecule has 1 aliphatic heterocycles. The van der Waals surface area contributed by atoms with E-state index in [4.69, 9.17) is 0 Å². The fourth-order valence-electron chi connectivity index (χ4n) is 3.45. The minimum absolute atomic E-state index is 0.147. The van der Waals surface area contributed by atoms with Crippen molar-refractivity contribution in [2.75, 3.05) is 23.3 Å². The molecule has 3 aromatic rings. The Bertz CT molecular complexity index is 908. The highest BCUT2D eigenvalue weighted by molar-refractivity contribution is 5.90. The largest absolute Gasteiger partial charge is 0.369 e. The Labute approximate surface area is 158 Å². The number of nitrogens with zero attached hydrogens (tertiary/aromatic N) is 3. The van der Waals surface area contributed by atoms with Gasteiger partial charge in [-0.3, -0.25) is 0 Å². The molecule has 27 heavy (non-hydrogen) atoms. The minimum Gasteiger partial charge on any atom is -0.369 e. The first-order valence-corrected chi connectivity index (χ1v) is 9.17. The summed E-state index contributed by atoms with van der Waals surface area (Å²) in [7, 11) is 0. The maximum atomic E-state index is 12.4. The summed E-state index contributed by atoms with van der Waals surface area (Å²) in [6.07, 6.45) is 4.59. The van der Waals surface area contributed by atoms with E-state index >= 15 is 0 Å². The van der Waals surface area contributed by atoms with Crippen molar-refractivity contribution in [3.05, 3.63) is 72.6 Å². The van der Waals surface area contributed by atoms with Crippen LogP contribution in [0.15, 0.2) is 67.0 Å². The molecule has 138 valence electrons. The summed E-state index contributed by atoms with van der Waals surface area (Å²) in [5.41, 5.74) is 3.97. The Morgan fingerprint density at radius 1 is 1.11 bits per heavy atom. The smallest absolute Gasteiger partial charge is 0.319 e. The third kappa shape index (κ3) is 3.95. The predicted octanol–water partition coefficient (Wildman–Crippen LogP) is 3.58.